The number of anilines is 2. The highest BCUT2D eigenvalue weighted by molar-refractivity contribution is 7.22. The monoisotopic (exact) mass is 835 g/mol. The maximum absolute atomic E-state index is 13.8. The van der Waals surface area contributed by atoms with Gasteiger partial charge in [0.2, 0.25) is 0 Å². The van der Waals surface area contributed by atoms with Crippen LogP contribution in [0.5, 0.6) is 0 Å². The zero-order valence-electron chi connectivity index (χ0n) is 35.1. The van der Waals surface area contributed by atoms with E-state index < -0.39 is 17.7 Å². The van der Waals surface area contributed by atoms with E-state index in [0.29, 0.717) is 61.5 Å². The zero-order chi connectivity index (χ0) is 42.2. The number of nitrogens with one attached hydrogen (secondary N) is 2. The molecule has 4 bridgehead atoms. The molecule has 5 aromatic rings. The molecule has 0 saturated heterocycles. The van der Waals surface area contributed by atoms with Crippen LogP contribution in [0.2, 0.25) is 0 Å². The number of nitrogens with zero attached hydrogens (tertiary/aromatic N) is 7. The molecule has 5 aliphatic rings. The van der Waals surface area contributed by atoms with E-state index in [2.05, 4.69) is 49.0 Å². The molecular weight excluding hydrogens is 783 g/mol. The van der Waals surface area contributed by atoms with Gasteiger partial charge in [-0.15, -0.1) is 0 Å². The Hall–Kier alpha value is -5.35. The summed E-state index contributed by atoms with van der Waals surface area (Å²) in [6.07, 6.45) is 8.74. The minimum absolute atomic E-state index is 0.0403. The molecule has 1 aliphatic heterocycles. The van der Waals surface area contributed by atoms with Crippen molar-refractivity contribution < 1.29 is 29.0 Å². The van der Waals surface area contributed by atoms with Crippen molar-refractivity contribution in [2.45, 2.75) is 111 Å². The topological polar surface area (TPSA) is 179 Å². The number of rotatable bonds is 11. The Bertz CT molecular complexity index is 2470. The number of alkyl carbamates (subject to hydrolysis) is 1. The molecule has 15 nitrogen and oxygen atoms in total. The first-order chi connectivity index (χ1) is 28.4. The van der Waals surface area contributed by atoms with Gasteiger partial charge in [0.1, 0.15) is 5.60 Å². The van der Waals surface area contributed by atoms with Gasteiger partial charge in [-0.25, -0.2) is 24.5 Å². The van der Waals surface area contributed by atoms with Crippen LogP contribution in [0.15, 0.2) is 48.9 Å². The molecule has 5 heterocycles. The van der Waals surface area contributed by atoms with Crippen molar-refractivity contribution in [1.29, 1.82) is 0 Å². The quantitative estimate of drug-likeness (QED) is 0.111. The lowest BCUT2D eigenvalue weighted by Gasteiger charge is -2.69. The molecular formula is C44H53N9O6S. The Balaban J connectivity index is 1.02. The second-order valence-electron chi connectivity index (χ2n) is 19.4. The van der Waals surface area contributed by atoms with Crippen molar-refractivity contribution >= 4 is 50.5 Å². The molecule has 2 atom stereocenters. The number of carboxylic acids is 1. The number of imidazole rings is 1. The highest BCUT2D eigenvalue weighted by Gasteiger charge is 2.66. The van der Waals surface area contributed by atoms with Gasteiger partial charge in [-0.05, 0) is 101 Å². The number of benzene rings is 1. The van der Waals surface area contributed by atoms with Crippen LogP contribution < -0.4 is 15.5 Å². The van der Waals surface area contributed by atoms with Gasteiger partial charge < -0.3 is 29.4 Å². The normalized spacial score (nSPS) is 25.7. The summed E-state index contributed by atoms with van der Waals surface area (Å²) in [5.74, 6) is -0.807. The van der Waals surface area contributed by atoms with E-state index in [-0.39, 0.29) is 33.4 Å². The summed E-state index contributed by atoms with van der Waals surface area (Å²) in [6, 6.07) is 11.3. The molecule has 4 saturated carbocycles. The molecule has 2 amide bonds. The first-order valence-corrected chi connectivity index (χ1v) is 21.6. The molecule has 316 valence electrons. The first kappa shape index (κ1) is 40.1. The van der Waals surface area contributed by atoms with Crippen LogP contribution in [0, 0.1) is 23.2 Å². The summed E-state index contributed by atoms with van der Waals surface area (Å²) in [4.78, 5) is 54.4. The zero-order valence-corrected chi connectivity index (χ0v) is 35.9. The summed E-state index contributed by atoms with van der Waals surface area (Å²) in [5, 5.41) is 22.1. The van der Waals surface area contributed by atoms with Crippen molar-refractivity contribution in [3.05, 3.63) is 71.7 Å². The number of amides is 2. The molecule has 4 aliphatic carbocycles. The Kier molecular flexibility index (Phi) is 9.61. The molecule has 60 heavy (non-hydrogen) atoms. The van der Waals surface area contributed by atoms with Crippen molar-refractivity contribution in [3.63, 3.8) is 0 Å². The number of ether oxygens (including phenoxy) is 2. The smallest absolute Gasteiger partial charge is 0.407 e. The van der Waals surface area contributed by atoms with E-state index in [1.807, 2.05) is 56.5 Å². The number of hydrogen-bond acceptors (Lipinski definition) is 11. The van der Waals surface area contributed by atoms with Crippen molar-refractivity contribution in [2.24, 2.45) is 16.2 Å². The molecule has 16 heteroatoms. The summed E-state index contributed by atoms with van der Waals surface area (Å²) >= 11 is 1.41. The molecule has 10 rings (SSSR count). The number of fused-ring (bicyclic) bond motifs is 2. The Morgan fingerprint density at radius 3 is 2.45 bits per heavy atom. The molecule has 4 fully saturated rings. The van der Waals surface area contributed by atoms with Crippen molar-refractivity contribution in [1.82, 2.24) is 34.6 Å². The van der Waals surface area contributed by atoms with Crippen LogP contribution in [0.1, 0.15) is 106 Å². The number of hydrogen-bond donors (Lipinski definition) is 3. The number of carboxylic acid groups (broad SMARTS) is 1. The predicted octanol–water partition coefficient (Wildman–Crippen LogP) is 7.69. The standard InChI is InChI=1S/C44H53N9O6S/c1-27-32(28-10-9-13-45-33(28)37(55)56)35(51-15-16-52-26-47-34(30(52)18-51)36(54)49-38-48-29-11-7-8-12-31(29)60-38)50-53(27)25-43-20-41(5)19-42(6,21-43)23-44(22-41,24-43)58-17-14-46-39(57)59-40(2,3)4/h7-13,26H,14-25H2,1-6H3,(H,46,57)(H,55,56)(H,48,49,54). The number of pyridine rings is 1. The maximum atomic E-state index is 13.8. The van der Waals surface area contributed by atoms with E-state index in [4.69, 9.17) is 14.6 Å². The largest absolute Gasteiger partial charge is 0.476 e. The number of aromatic nitrogens is 6. The number of aromatic carboxylic acids is 1. The van der Waals surface area contributed by atoms with E-state index in [0.717, 1.165) is 65.7 Å². The summed E-state index contributed by atoms with van der Waals surface area (Å²) in [5.41, 5.74) is 3.00. The lowest BCUT2D eigenvalue weighted by molar-refractivity contribution is -0.247. The minimum Gasteiger partial charge on any atom is -0.476 e. The maximum Gasteiger partial charge on any atom is 0.407 e. The molecule has 4 aromatic heterocycles. The summed E-state index contributed by atoms with van der Waals surface area (Å²) < 4.78 is 17.4. The number of carbonyl (C=O) groups is 3. The Morgan fingerprint density at radius 2 is 1.72 bits per heavy atom. The van der Waals surface area contributed by atoms with Crippen LogP contribution in [0.25, 0.3) is 21.3 Å². The SMILES string of the molecule is Cc1c(-c2cccnc2C(=O)O)c(N2CCn3cnc(C(=O)Nc4nc5ccccc5s4)c3C2)nn1CC12CC3(C)CC(C)(C1)CC(OCCNC(=O)OC(C)(C)C)(C3)C2. The van der Waals surface area contributed by atoms with Crippen molar-refractivity contribution in [2.75, 3.05) is 29.9 Å². The number of para-hydroxylation sites is 1. The van der Waals surface area contributed by atoms with Gasteiger partial charge in [-0.1, -0.05) is 43.4 Å². The fraction of sp³-hybridized carbons (Fsp3) is 0.523. The highest BCUT2D eigenvalue weighted by atomic mass is 32.1. The summed E-state index contributed by atoms with van der Waals surface area (Å²) in [6.45, 7) is 15.2. The first-order valence-electron chi connectivity index (χ1n) is 20.8. The van der Waals surface area contributed by atoms with Gasteiger partial charge in [-0.3, -0.25) is 14.8 Å². The van der Waals surface area contributed by atoms with Crippen LogP contribution in [0.3, 0.4) is 0 Å². The third kappa shape index (κ3) is 7.52. The van der Waals surface area contributed by atoms with Gasteiger partial charge in [0.05, 0.1) is 41.0 Å². The van der Waals surface area contributed by atoms with E-state index in [1.165, 1.54) is 17.5 Å². The van der Waals surface area contributed by atoms with Gasteiger partial charge in [0, 0.05) is 49.2 Å². The third-order valence-electron chi connectivity index (χ3n) is 12.7. The molecule has 0 radical (unpaired) electrons. The van der Waals surface area contributed by atoms with E-state index >= 15 is 0 Å². The third-order valence-corrected chi connectivity index (χ3v) is 13.7. The lowest BCUT2D eigenvalue weighted by Crippen LogP contribution is -2.64. The second kappa shape index (κ2) is 14.4. The van der Waals surface area contributed by atoms with Gasteiger partial charge in [0.15, 0.2) is 22.3 Å². The molecule has 3 N–H and O–H groups in total. The number of carbonyl (C=O) groups excluding carboxylic acids is 2. The second-order valence-corrected chi connectivity index (χ2v) is 20.4. The van der Waals surface area contributed by atoms with E-state index in [9.17, 15) is 19.5 Å². The van der Waals surface area contributed by atoms with Crippen LogP contribution in [-0.4, -0.2) is 83.3 Å². The minimum atomic E-state index is -1.11. The van der Waals surface area contributed by atoms with Gasteiger partial charge >= 0.3 is 12.1 Å². The lowest BCUT2D eigenvalue weighted by atomic mass is 9.39. The fourth-order valence-corrected chi connectivity index (χ4v) is 12.8. The molecule has 1 aromatic carbocycles. The highest BCUT2D eigenvalue weighted by Crippen LogP contribution is 2.72. The average Bonchev–Trinajstić information content (AvgIpc) is 3.85. The number of thiazole rings is 1. The Labute approximate surface area is 352 Å². The summed E-state index contributed by atoms with van der Waals surface area (Å²) in [7, 11) is 0. The van der Waals surface area contributed by atoms with Crippen LogP contribution in [0.4, 0.5) is 15.7 Å². The van der Waals surface area contributed by atoms with Gasteiger partial charge in [0.25, 0.3) is 5.91 Å². The van der Waals surface area contributed by atoms with Crippen LogP contribution >= 0.6 is 11.3 Å². The molecule has 0 spiro atoms. The Morgan fingerprint density at radius 1 is 0.950 bits per heavy atom. The average molecular weight is 836 g/mol. The van der Waals surface area contributed by atoms with Crippen molar-refractivity contribution in [3.8, 4) is 11.1 Å². The van der Waals surface area contributed by atoms with E-state index in [1.54, 1.807) is 18.5 Å². The van der Waals surface area contributed by atoms with Gasteiger partial charge in [-0.2, -0.15) is 5.10 Å². The predicted molar refractivity (Wildman–Crippen MR) is 227 cm³/mol. The van der Waals surface area contributed by atoms with Crippen LogP contribution in [-0.2, 0) is 29.1 Å². The fourth-order valence-electron chi connectivity index (χ4n) is 11.9. The molecule has 2 unspecified atom stereocenters.